The third-order valence-electron chi connectivity index (χ3n) is 4.88. The molecular formula is C20H20FN5O3. The molecule has 9 heteroatoms. The van der Waals surface area contributed by atoms with Crippen molar-refractivity contribution in [1.82, 2.24) is 25.1 Å². The number of methoxy groups -OCH3 is 2. The molecule has 0 radical (unpaired) electrons. The van der Waals surface area contributed by atoms with Crippen molar-refractivity contribution in [3.05, 3.63) is 53.3 Å². The van der Waals surface area contributed by atoms with Crippen molar-refractivity contribution in [2.75, 3.05) is 20.8 Å². The fraction of sp³-hybridized carbons (Fsp3) is 0.300. The molecule has 0 N–H and O–H groups in total. The van der Waals surface area contributed by atoms with E-state index in [0.29, 0.717) is 30.2 Å². The Hall–Kier alpha value is -3.49. The first-order chi connectivity index (χ1) is 14.1. The molecule has 0 bridgehead atoms. The lowest BCUT2D eigenvalue weighted by molar-refractivity contribution is -0.133. The molecular weight excluding hydrogens is 377 g/mol. The second-order valence-electron chi connectivity index (χ2n) is 6.69. The van der Waals surface area contributed by atoms with Crippen LogP contribution in [-0.4, -0.2) is 51.8 Å². The summed E-state index contributed by atoms with van der Waals surface area (Å²) in [6, 6.07) is 9.80. The number of halogens is 1. The number of hydrogen-bond donors (Lipinski definition) is 0. The summed E-state index contributed by atoms with van der Waals surface area (Å²) in [6.45, 7) is 1.03. The highest BCUT2D eigenvalue weighted by atomic mass is 19.1. The van der Waals surface area contributed by atoms with Gasteiger partial charge in [0.05, 0.1) is 14.2 Å². The molecule has 1 aromatic heterocycles. The number of hydrogen-bond acceptors (Lipinski definition) is 6. The third kappa shape index (κ3) is 3.89. The Labute approximate surface area is 166 Å². The molecule has 8 nitrogen and oxygen atoms in total. The minimum absolute atomic E-state index is 0.0368. The van der Waals surface area contributed by atoms with E-state index in [1.807, 2.05) is 12.1 Å². The van der Waals surface area contributed by atoms with Crippen molar-refractivity contribution in [2.24, 2.45) is 0 Å². The highest BCUT2D eigenvalue weighted by Crippen LogP contribution is 2.33. The standard InChI is InChI=1S/C20H20FN5O3/c1-28-17-9-13-6-7-25(11-15(13)10-18(17)29-2)19(27)12-26-23-20(22-24-26)14-4-3-5-16(21)8-14/h3-5,8-10H,6-7,11-12H2,1-2H3. The Morgan fingerprint density at radius 3 is 2.62 bits per heavy atom. The molecule has 29 heavy (non-hydrogen) atoms. The number of benzene rings is 2. The van der Waals surface area contributed by atoms with Gasteiger partial charge in [0.1, 0.15) is 12.4 Å². The van der Waals surface area contributed by atoms with Gasteiger partial charge >= 0.3 is 0 Å². The second kappa shape index (κ2) is 7.86. The lowest BCUT2D eigenvalue weighted by Crippen LogP contribution is -2.38. The maximum absolute atomic E-state index is 13.4. The maximum atomic E-state index is 13.4. The zero-order valence-electron chi connectivity index (χ0n) is 16.1. The predicted molar refractivity (Wildman–Crippen MR) is 102 cm³/mol. The number of amides is 1. The van der Waals surface area contributed by atoms with Gasteiger partial charge in [0.25, 0.3) is 0 Å². The van der Waals surface area contributed by atoms with E-state index in [1.165, 1.54) is 16.9 Å². The summed E-state index contributed by atoms with van der Waals surface area (Å²) in [7, 11) is 3.19. The van der Waals surface area contributed by atoms with E-state index >= 15 is 0 Å². The van der Waals surface area contributed by atoms with Crippen LogP contribution in [0.5, 0.6) is 11.5 Å². The number of rotatable bonds is 5. The average Bonchev–Trinajstić information content (AvgIpc) is 3.20. The zero-order chi connectivity index (χ0) is 20.4. The summed E-state index contributed by atoms with van der Waals surface area (Å²) in [5, 5.41) is 12.0. The van der Waals surface area contributed by atoms with E-state index in [0.717, 1.165) is 17.5 Å². The predicted octanol–water partition coefficient (Wildman–Crippen LogP) is 2.08. The third-order valence-corrected chi connectivity index (χ3v) is 4.88. The number of ether oxygens (including phenoxy) is 2. The number of fused-ring (bicyclic) bond motifs is 1. The molecule has 150 valence electrons. The molecule has 0 unspecified atom stereocenters. The molecule has 2 aromatic carbocycles. The summed E-state index contributed by atoms with van der Waals surface area (Å²) in [5.74, 6) is 1.10. The highest BCUT2D eigenvalue weighted by Gasteiger charge is 2.23. The minimum atomic E-state index is -0.381. The molecule has 3 aromatic rings. The van der Waals surface area contributed by atoms with Gasteiger partial charge < -0.3 is 14.4 Å². The molecule has 1 amide bonds. The van der Waals surface area contributed by atoms with Gasteiger partial charge in [-0.15, -0.1) is 10.2 Å². The second-order valence-corrected chi connectivity index (χ2v) is 6.69. The Balaban J connectivity index is 1.46. The highest BCUT2D eigenvalue weighted by molar-refractivity contribution is 5.76. The van der Waals surface area contributed by atoms with Gasteiger partial charge in [-0.25, -0.2) is 4.39 Å². The monoisotopic (exact) mass is 397 g/mol. The number of tetrazole rings is 1. The SMILES string of the molecule is COc1cc2c(cc1OC)CN(C(=O)Cn1nnc(-c3cccc(F)c3)n1)CC2. The normalized spacial score (nSPS) is 13.1. The van der Waals surface area contributed by atoms with Crippen LogP contribution in [0.25, 0.3) is 11.4 Å². The van der Waals surface area contributed by atoms with E-state index in [2.05, 4.69) is 15.4 Å². The van der Waals surface area contributed by atoms with Crippen LogP contribution in [-0.2, 0) is 24.3 Å². The van der Waals surface area contributed by atoms with Crippen LogP contribution in [0.3, 0.4) is 0 Å². The van der Waals surface area contributed by atoms with Crippen LogP contribution >= 0.6 is 0 Å². The number of carbonyl (C=O) groups is 1. The minimum Gasteiger partial charge on any atom is -0.493 e. The van der Waals surface area contributed by atoms with Gasteiger partial charge in [-0.05, 0) is 47.0 Å². The van der Waals surface area contributed by atoms with Gasteiger partial charge in [-0.2, -0.15) is 4.80 Å². The lowest BCUT2D eigenvalue weighted by Gasteiger charge is -2.29. The zero-order valence-corrected chi connectivity index (χ0v) is 16.1. The Morgan fingerprint density at radius 2 is 1.90 bits per heavy atom. The average molecular weight is 397 g/mol. The summed E-state index contributed by atoms with van der Waals surface area (Å²) >= 11 is 0. The Morgan fingerprint density at radius 1 is 1.14 bits per heavy atom. The molecule has 0 spiro atoms. The molecule has 0 saturated heterocycles. The Kier molecular flexibility index (Phi) is 5.11. The van der Waals surface area contributed by atoms with E-state index in [1.54, 1.807) is 31.3 Å². The van der Waals surface area contributed by atoms with Crippen LogP contribution in [0.15, 0.2) is 36.4 Å². The molecule has 2 heterocycles. The summed E-state index contributed by atoms with van der Waals surface area (Å²) in [4.78, 5) is 15.7. The van der Waals surface area contributed by atoms with Crippen LogP contribution in [0.1, 0.15) is 11.1 Å². The van der Waals surface area contributed by atoms with Crippen LogP contribution in [0.2, 0.25) is 0 Å². The summed E-state index contributed by atoms with van der Waals surface area (Å²) in [5.41, 5.74) is 2.67. The first-order valence-corrected chi connectivity index (χ1v) is 9.12. The fourth-order valence-electron chi connectivity index (χ4n) is 3.37. The number of nitrogens with zero attached hydrogens (tertiary/aromatic N) is 5. The topological polar surface area (TPSA) is 82.4 Å². The molecule has 0 aliphatic carbocycles. The first kappa shape index (κ1) is 18.9. The smallest absolute Gasteiger partial charge is 0.246 e. The number of carbonyl (C=O) groups excluding carboxylic acids is 1. The van der Waals surface area contributed by atoms with E-state index < -0.39 is 0 Å². The van der Waals surface area contributed by atoms with Gasteiger partial charge in [0.2, 0.25) is 11.7 Å². The maximum Gasteiger partial charge on any atom is 0.246 e. The van der Waals surface area contributed by atoms with Crippen molar-refractivity contribution < 1.29 is 18.7 Å². The summed E-state index contributed by atoms with van der Waals surface area (Å²) < 4.78 is 24.1. The van der Waals surface area contributed by atoms with Crippen LogP contribution in [0, 0.1) is 5.82 Å². The largest absolute Gasteiger partial charge is 0.493 e. The van der Waals surface area contributed by atoms with E-state index in [-0.39, 0.29) is 24.1 Å². The van der Waals surface area contributed by atoms with Gasteiger partial charge in [0.15, 0.2) is 11.5 Å². The molecule has 0 fully saturated rings. The van der Waals surface area contributed by atoms with Crippen molar-refractivity contribution in [2.45, 2.75) is 19.5 Å². The van der Waals surface area contributed by atoms with Crippen molar-refractivity contribution in [3.63, 3.8) is 0 Å². The molecule has 0 atom stereocenters. The van der Waals surface area contributed by atoms with E-state index in [9.17, 15) is 9.18 Å². The molecule has 1 aliphatic heterocycles. The van der Waals surface area contributed by atoms with Crippen LogP contribution in [0.4, 0.5) is 4.39 Å². The quantitative estimate of drug-likeness (QED) is 0.656. The van der Waals surface area contributed by atoms with Gasteiger partial charge in [-0.1, -0.05) is 12.1 Å². The molecule has 1 aliphatic rings. The van der Waals surface area contributed by atoms with Gasteiger partial charge in [-0.3, -0.25) is 4.79 Å². The van der Waals surface area contributed by atoms with Crippen molar-refractivity contribution >= 4 is 5.91 Å². The number of aromatic nitrogens is 4. The molecule has 4 rings (SSSR count). The first-order valence-electron chi connectivity index (χ1n) is 9.12. The van der Waals surface area contributed by atoms with Crippen molar-refractivity contribution in [1.29, 1.82) is 0 Å². The van der Waals surface area contributed by atoms with Crippen molar-refractivity contribution in [3.8, 4) is 22.9 Å². The van der Waals surface area contributed by atoms with E-state index in [4.69, 9.17) is 9.47 Å². The Bertz CT molecular complexity index is 1050. The summed E-state index contributed by atoms with van der Waals surface area (Å²) in [6.07, 6.45) is 0.723. The van der Waals surface area contributed by atoms with Crippen LogP contribution < -0.4 is 9.47 Å². The van der Waals surface area contributed by atoms with Gasteiger partial charge in [0, 0.05) is 18.7 Å². The lowest BCUT2D eigenvalue weighted by atomic mass is 9.98. The fourth-order valence-corrected chi connectivity index (χ4v) is 3.37. The molecule has 0 saturated carbocycles.